The first-order chi connectivity index (χ1) is 13.8. The number of carbonyl (C=O) groups is 1. The molecule has 1 fully saturated rings. The Balaban J connectivity index is 1.87. The fraction of sp³-hybridized carbons (Fsp3) is 0.545. The summed E-state index contributed by atoms with van der Waals surface area (Å²) in [5, 5.41) is 12.2. The third kappa shape index (κ3) is 5.93. The molecule has 1 aromatic heterocycles. The minimum atomic E-state index is -0.526. The first-order valence-corrected chi connectivity index (χ1v) is 11.0. The van der Waals surface area contributed by atoms with Crippen LogP contribution in [-0.2, 0) is 11.3 Å². The second kappa shape index (κ2) is 9.13. The van der Waals surface area contributed by atoms with Gasteiger partial charge in [0.1, 0.15) is 5.60 Å². The van der Waals surface area contributed by atoms with Crippen molar-refractivity contribution in [3.63, 3.8) is 0 Å². The van der Waals surface area contributed by atoms with Gasteiger partial charge in [-0.1, -0.05) is 12.1 Å². The molecule has 0 aliphatic heterocycles. The van der Waals surface area contributed by atoms with Crippen molar-refractivity contribution in [1.29, 1.82) is 0 Å². The molecule has 1 amide bonds. The van der Waals surface area contributed by atoms with Crippen LogP contribution in [-0.4, -0.2) is 41.0 Å². The molecule has 1 aromatic carbocycles. The average Bonchev–Trinajstić information content (AvgIpc) is 3.40. The maximum atomic E-state index is 12.1. The van der Waals surface area contributed by atoms with Gasteiger partial charge in [-0.05, 0) is 64.2 Å². The van der Waals surface area contributed by atoms with E-state index in [9.17, 15) is 9.90 Å². The number of aliphatic hydroxyl groups excluding tert-OH is 1. The zero-order chi connectivity index (χ0) is 21.0. The number of benzene rings is 1. The van der Waals surface area contributed by atoms with Crippen molar-refractivity contribution >= 4 is 23.1 Å². The number of nitrogens with zero attached hydrogens (tertiary/aromatic N) is 2. The number of amides is 1. The highest BCUT2D eigenvalue weighted by Crippen LogP contribution is 2.37. The Bertz CT molecular complexity index is 840. The Morgan fingerprint density at radius 1 is 1.38 bits per heavy atom. The van der Waals surface area contributed by atoms with Crippen molar-refractivity contribution in [3.05, 3.63) is 35.0 Å². The summed E-state index contributed by atoms with van der Waals surface area (Å²) in [6, 6.07) is 6.87. The number of rotatable bonds is 8. The summed E-state index contributed by atoms with van der Waals surface area (Å²) < 4.78 is 5.38. The van der Waals surface area contributed by atoms with Gasteiger partial charge in [-0.15, -0.1) is 11.3 Å². The minimum Gasteiger partial charge on any atom is -0.444 e. The molecule has 0 saturated heterocycles. The van der Waals surface area contributed by atoms with E-state index in [1.807, 2.05) is 33.2 Å². The third-order valence-corrected chi connectivity index (χ3v) is 5.75. The highest BCUT2D eigenvalue weighted by molar-refractivity contribution is 7.13. The monoisotopic (exact) mass is 417 g/mol. The number of aryl methyl sites for hydroxylation is 1. The van der Waals surface area contributed by atoms with E-state index in [4.69, 9.17) is 4.74 Å². The molecule has 1 saturated carbocycles. The summed E-state index contributed by atoms with van der Waals surface area (Å²) >= 11 is 1.64. The van der Waals surface area contributed by atoms with Crippen molar-refractivity contribution in [1.82, 2.24) is 10.3 Å². The van der Waals surface area contributed by atoms with Crippen LogP contribution in [0.1, 0.15) is 51.3 Å². The molecule has 0 radical (unpaired) electrons. The lowest BCUT2D eigenvalue weighted by Gasteiger charge is -2.28. The highest BCUT2D eigenvalue weighted by atomic mass is 32.1. The molecule has 7 heteroatoms. The van der Waals surface area contributed by atoms with Gasteiger partial charge in [0, 0.05) is 31.4 Å². The number of nitrogens with one attached hydrogen (secondary N) is 1. The summed E-state index contributed by atoms with van der Waals surface area (Å²) in [6.45, 7) is 8.95. The van der Waals surface area contributed by atoms with Crippen LogP contribution in [0.4, 0.5) is 10.5 Å². The van der Waals surface area contributed by atoms with Gasteiger partial charge in [0.25, 0.3) is 0 Å². The lowest BCUT2D eigenvalue weighted by atomic mass is 10.0. The fourth-order valence-electron chi connectivity index (χ4n) is 3.31. The van der Waals surface area contributed by atoms with Crippen LogP contribution in [0.5, 0.6) is 0 Å². The smallest absolute Gasteiger partial charge is 0.407 e. The van der Waals surface area contributed by atoms with E-state index in [2.05, 4.69) is 33.4 Å². The summed E-state index contributed by atoms with van der Waals surface area (Å²) in [7, 11) is 0. The Kier molecular flexibility index (Phi) is 6.80. The molecule has 1 heterocycles. The summed E-state index contributed by atoms with van der Waals surface area (Å²) in [5.41, 5.74) is 5.66. The Morgan fingerprint density at radius 3 is 2.72 bits per heavy atom. The molecular weight excluding hydrogens is 386 g/mol. The number of ether oxygens (including phenoxy) is 1. The van der Waals surface area contributed by atoms with Gasteiger partial charge < -0.3 is 20.1 Å². The Morgan fingerprint density at radius 2 is 2.14 bits per heavy atom. The Hall–Kier alpha value is -2.12. The van der Waals surface area contributed by atoms with Gasteiger partial charge in [-0.2, -0.15) is 0 Å². The molecule has 2 aromatic rings. The molecule has 0 spiro atoms. The number of aliphatic hydroxyl groups is 1. The number of aromatic nitrogens is 1. The van der Waals surface area contributed by atoms with Gasteiger partial charge in [-0.25, -0.2) is 9.78 Å². The van der Waals surface area contributed by atoms with Crippen molar-refractivity contribution in [2.45, 2.75) is 65.1 Å². The second-order valence-electron chi connectivity index (χ2n) is 8.47. The predicted octanol–water partition coefficient (Wildman–Crippen LogP) is 4.49. The van der Waals surface area contributed by atoms with E-state index in [0.717, 1.165) is 53.2 Å². The Labute approximate surface area is 176 Å². The third-order valence-electron chi connectivity index (χ3n) is 4.77. The van der Waals surface area contributed by atoms with Gasteiger partial charge in [-0.3, -0.25) is 0 Å². The SMILES string of the molecule is Cc1ncsc1-c1ccc(CNC(=O)OC(C)(C)C)c(N(CCCO)C2CC2)c1. The first-order valence-electron chi connectivity index (χ1n) is 10.2. The average molecular weight is 418 g/mol. The van der Waals surface area contributed by atoms with E-state index in [1.54, 1.807) is 11.3 Å². The lowest BCUT2D eigenvalue weighted by Crippen LogP contribution is -2.33. The van der Waals surface area contributed by atoms with E-state index in [0.29, 0.717) is 12.6 Å². The molecule has 29 heavy (non-hydrogen) atoms. The van der Waals surface area contributed by atoms with Crippen LogP contribution in [0.25, 0.3) is 10.4 Å². The summed E-state index contributed by atoms with van der Waals surface area (Å²) in [4.78, 5) is 20.1. The summed E-state index contributed by atoms with van der Waals surface area (Å²) in [6.07, 6.45) is 2.63. The van der Waals surface area contributed by atoms with Crippen molar-refractivity contribution in [3.8, 4) is 10.4 Å². The van der Waals surface area contributed by atoms with Crippen LogP contribution in [0.3, 0.4) is 0 Å². The zero-order valence-electron chi connectivity index (χ0n) is 17.7. The largest absolute Gasteiger partial charge is 0.444 e. The van der Waals surface area contributed by atoms with Gasteiger partial charge >= 0.3 is 6.09 Å². The van der Waals surface area contributed by atoms with Crippen molar-refractivity contribution in [2.75, 3.05) is 18.1 Å². The highest BCUT2D eigenvalue weighted by Gasteiger charge is 2.30. The van der Waals surface area contributed by atoms with E-state index in [1.165, 1.54) is 0 Å². The molecular formula is C22H31N3O3S. The molecule has 158 valence electrons. The standard InChI is InChI=1S/C22H31N3O3S/c1-15-20(29-14-24-15)16-6-7-17(13-23-21(27)28-22(2,3)4)19(12-16)25(10-5-11-26)18-8-9-18/h6-7,12,14,18,26H,5,8-11,13H2,1-4H3,(H,23,27). The van der Waals surface area contributed by atoms with E-state index >= 15 is 0 Å². The molecule has 2 N–H and O–H groups in total. The number of carbonyl (C=O) groups excluding carboxylic acids is 1. The molecule has 1 aliphatic rings. The zero-order valence-corrected chi connectivity index (χ0v) is 18.5. The van der Waals surface area contributed by atoms with Crippen molar-refractivity contribution < 1.29 is 14.6 Å². The molecule has 6 nitrogen and oxygen atoms in total. The molecule has 1 aliphatic carbocycles. The lowest BCUT2D eigenvalue weighted by molar-refractivity contribution is 0.0523. The topological polar surface area (TPSA) is 74.7 Å². The fourth-order valence-corrected chi connectivity index (χ4v) is 4.11. The van der Waals surface area contributed by atoms with E-state index < -0.39 is 11.7 Å². The number of hydrogen-bond acceptors (Lipinski definition) is 6. The molecule has 0 bridgehead atoms. The van der Waals surface area contributed by atoms with E-state index in [-0.39, 0.29) is 6.61 Å². The van der Waals surface area contributed by atoms with Crippen LogP contribution in [0.2, 0.25) is 0 Å². The molecule has 0 unspecified atom stereocenters. The normalized spacial score (nSPS) is 14.0. The number of alkyl carbamates (subject to hydrolysis) is 1. The van der Waals surface area contributed by atoms with Crippen LogP contribution in [0, 0.1) is 6.92 Å². The maximum absolute atomic E-state index is 12.1. The first kappa shape index (κ1) is 21.6. The van der Waals surface area contributed by atoms with Gasteiger partial charge in [0.2, 0.25) is 0 Å². The van der Waals surface area contributed by atoms with Gasteiger partial charge in [0.15, 0.2) is 0 Å². The van der Waals surface area contributed by atoms with Crippen LogP contribution < -0.4 is 10.2 Å². The number of thiazole rings is 1. The molecule has 3 rings (SSSR count). The minimum absolute atomic E-state index is 0.169. The number of anilines is 1. The van der Waals surface area contributed by atoms with Crippen LogP contribution >= 0.6 is 11.3 Å². The van der Waals surface area contributed by atoms with Crippen LogP contribution in [0.15, 0.2) is 23.7 Å². The number of hydrogen-bond donors (Lipinski definition) is 2. The quantitative estimate of drug-likeness (QED) is 0.662. The van der Waals surface area contributed by atoms with Gasteiger partial charge in [0.05, 0.1) is 16.1 Å². The molecule has 0 atom stereocenters. The maximum Gasteiger partial charge on any atom is 0.407 e. The second-order valence-corrected chi connectivity index (χ2v) is 9.32. The summed E-state index contributed by atoms with van der Waals surface area (Å²) in [5.74, 6) is 0. The predicted molar refractivity (Wildman–Crippen MR) is 117 cm³/mol. The van der Waals surface area contributed by atoms with Crippen molar-refractivity contribution in [2.24, 2.45) is 0 Å².